The van der Waals surface area contributed by atoms with Crippen LogP contribution < -0.4 is 5.32 Å². The van der Waals surface area contributed by atoms with Gasteiger partial charge in [0, 0.05) is 45.2 Å². The Bertz CT molecular complexity index is 1120. The summed E-state index contributed by atoms with van der Waals surface area (Å²) in [4.78, 5) is 27.4. The van der Waals surface area contributed by atoms with Crippen LogP contribution in [0.1, 0.15) is 59.8 Å². The minimum absolute atomic E-state index is 0.0425. The van der Waals surface area contributed by atoms with Gasteiger partial charge in [-0.3, -0.25) is 9.59 Å². The molecule has 1 aliphatic carbocycles. The molecule has 2 aliphatic heterocycles. The summed E-state index contributed by atoms with van der Waals surface area (Å²) in [6.45, 7) is 8.65. The maximum Gasteiger partial charge on any atom is 0.306 e. The number of nitrogens with zero attached hydrogens (tertiary/aromatic N) is 1. The van der Waals surface area contributed by atoms with Gasteiger partial charge in [-0.1, -0.05) is 38.2 Å². The number of ether oxygens (including phenoxy) is 3. The molecular weight excluding hydrogens is 540 g/mol. The fourth-order valence-corrected chi connectivity index (χ4v) is 5.62. The Balaban J connectivity index is 2.01. The SMILES string of the molecule is CCC(=O)O[C@H]1/C(C)=C/[C@H](C)[C@@H](O)[C@@H](OC)CCCC2=C(N3CCC3)C(O)=CC(NC(=O)/C(C)=C/C=C\[C@@H]1OC)C2O. The molecule has 3 rings (SSSR count). The van der Waals surface area contributed by atoms with E-state index < -0.39 is 42.5 Å². The number of esters is 1. The predicted molar refractivity (Wildman–Crippen MR) is 159 cm³/mol. The Kier molecular flexibility index (Phi) is 12.4. The maximum atomic E-state index is 13.1. The number of likely N-dealkylation sites (tertiary alicyclic amines) is 1. The standard InChI is InChI=1S/C32H48N2O8/c1-7-27(36)42-31-21(4)17-20(3)29(37)25(40-5)13-9-12-22-28(34-15-10-16-34)24(35)18-23(30(22)38)33-32(39)19(2)11-8-14-26(31)41-6/h8,11,14,17-18,20,23,25-26,29-31,35,37-38H,7,9-10,12-13,15-16H2,1-6H3,(H,33,39)/b14-8-,19-11+,21-17+/t20-,23?,25-,26-,29+,30?,31-/m0/s1. The molecular formula is C32H48N2O8. The van der Waals surface area contributed by atoms with E-state index in [0.717, 1.165) is 19.5 Å². The smallest absolute Gasteiger partial charge is 0.306 e. The Morgan fingerprint density at radius 1 is 1.12 bits per heavy atom. The minimum Gasteiger partial charge on any atom is -0.506 e. The molecule has 0 radical (unpaired) electrons. The average molecular weight is 589 g/mol. The molecule has 3 aliphatic rings. The minimum atomic E-state index is -1.02. The lowest BCUT2D eigenvalue weighted by molar-refractivity contribution is -0.151. The second-order valence-electron chi connectivity index (χ2n) is 11.3. The zero-order valence-corrected chi connectivity index (χ0v) is 25.7. The molecule has 1 fully saturated rings. The normalized spacial score (nSPS) is 35.1. The third-order valence-electron chi connectivity index (χ3n) is 8.31. The number of rotatable bonds is 5. The monoisotopic (exact) mass is 588 g/mol. The van der Waals surface area contributed by atoms with Gasteiger partial charge < -0.3 is 39.7 Å². The van der Waals surface area contributed by atoms with Crippen molar-refractivity contribution < 1.29 is 39.1 Å². The van der Waals surface area contributed by atoms with E-state index in [2.05, 4.69) is 5.32 Å². The van der Waals surface area contributed by atoms with Gasteiger partial charge in [0.25, 0.3) is 0 Å². The van der Waals surface area contributed by atoms with E-state index in [-0.39, 0.29) is 24.1 Å². The van der Waals surface area contributed by atoms with Crippen molar-refractivity contribution in [2.75, 3.05) is 27.3 Å². The molecule has 2 bridgehead atoms. The van der Waals surface area contributed by atoms with Crippen LogP contribution in [0.4, 0.5) is 0 Å². The van der Waals surface area contributed by atoms with E-state index in [0.29, 0.717) is 41.7 Å². The second kappa shape index (κ2) is 15.5. The number of aliphatic hydroxyl groups excluding tert-OH is 3. The Morgan fingerprint density at radius 3 is 2.43 bits per heavy atom. The summed E-state index contributed by atoms with van der Waals surface area (Å²) in [5.41, 5.74) is 2.39. The molecule has 0 saturated carbocycles. The van der Waals surface area contributed by atoms with Gasteiger partial charge in [-0.05, 0) is 56.8 Å². The fourth-order valence-electron chi connectivity index (χ4n) is 5.62. The molecule has 1 saturated heterocycles. The van der Waals surface area contributed by atoms with Crippen molar-refractivity contribution in [3.8, 4) is 0 Å². The lowest BCUT2D eigenvalue weighted by Crippen LogP contribution is -2.48. The molecule has 7 atom stereocenters. The molecule has 234 valence electrons. The third-order valence-corrected chi connectivity index (χ3v) is 8.31. The predicted octanol–water partition coefficient (Wildman–Crippen LogP) is 3.23. The molecule has 0 aromatic rings. The van der Waals surface area contributed by atoms with E-state index in [1.165, 1.54) is 13.2 Å². The van der Waals surface area contributed by atoms with Crippen LogP contribution in [0.3, 0.4) is 0 Å². The van der Waals surface area contributed by atoms with Crippen molar-refractivity contribution in [2.24, 2.45) is 5.92 Å². The average Bonchev–Trinajstić information content (AvgIpc) is 2.93. The Hall–Kier alpha value is -2.92. The molecule has 0 aromatic heterocycles. The number of nitrogens with one attached hydrogen (secondary N) is 1. The number of amides is 1. The van der Waals surface area contributed by atoms with Gasteiger partial charge in [0.05, 0.1) is 23.9 Å². The molecule has 2 unspecified atom stereocenters. The van der Waals surface area contributed by atoms with Crippen molar-refractivity contribution in [2.45, 2.75) is 96.4 Å². The number of hydrogen-bond donors (Lipinski definition) is 4. The van der Waals surface area contributed by atoms with Gasteiger partial charge in [0.15, 0.2) is 6.10 Å². The fraction of sp³-hybridized carbons (Fsp3) is 0.625. The van der Waals surface area contributed by atoms with Gasteiger partial charge >= 0.3 is 5.97 Å². The van der Waals surface area contributed by atoms with Crippen molar-refractivity contribution in [3.63, 3.8) is 0 Å². The van der Waals surface area contributed by atoms with Crippen LogP contribution in [-0.2, 0) is 23.8 Å². The number of carbonyl (C=O) groups excluding carboxylic acids is 2. The highest BCUT2D eigenvalue weighted by atomic mass is 16.6. The molecule has 0 spiro atoms. The van der Waals surface area contributed by atoms with Crippen LogP contribution in [0.25, 0.3) is 0 Å². The van der Waals surface area contributed by atoms with Crippen LogP contribution in [0, 0.1) is 5.92 Å². The topological polar surface area (TPSA) is 138 Å². The number of methoxy groups -OCH3 is 2. The number of allylic oxidation sites excluding steroid dienone is 2. The summed E-state index contributed by atoms with van der Waals surface area (Å²) in [5.74, 6) is -1.07. The number of aliphatic hydroxyl groups is 3. The lowest BCUT2D eigenvalue weighted by Gasteiger charge is -2.40. The van der Waals surface area contributed by atoms with Gasteiger partial charge in [-0.25, -0.2) is 0 Å². The summed E-state index contributed by atoms with van der Waals surface area (Å²) in [7, 11) is 3.07. The molecule has 4 N–H and O–H groups in total. The van der Waals surface area contributed by atoms with E-state index in [4.69, 9.17) is 14.2 Å². The lowest BCUT2D eigenvalue weighted by atomic mass is 9.87. The van der Waals surface area contributed by atoms with Gasteiger partial charge in [-0.15, -0.1) is 0 Å². The van der Waals surface area contributed by atoms with Crippen LogP contribution in [0.5, 0.6) is 0 Å². The number of carbonyl (C=O) groups is 2. The first kappa shape index (κ1) is 33.6. The van der Waals surface area contributed by atoms with Crippen molar-refractivity contribution in [3.05, 3.63) is 58.6 Å². The summed E-state index contributed by atoms with van der Waals surface area (Å²) < 4.78 is 17.1. The van der Waals surface area contributed by atoms with E-state index in [1.807, 2.05) is 24.8 Å². The van der Waals surface area contributed by atoms with Crippen molar-refractivity contribution >= 4 is 11.9 Å². The van der Waals surface area contributed by atoms with Crippen LogP contribution in [-0.4, -0.2) is 96.0 Å². The molecule has 1 amide bonds. The van der Waals surface area contributed by atoms with Gasteiger partial charge in [0.1, 0.15) is 18.0 Å². The highest BCUT2D eigenvalue weighted by molar-refractivity contribution is 5.93. The highest BCUT2D eigenvalue weighted by Gasteiger charge is 2.36. The number of fused-ring (bicyclic) bond motifs is 2. The van der Waals surface area contributed by atoms with E-state index >= 15 is 0 Å². The van der Waals surface area contributed by atoms with Gasteiger partial charge in [0.2, 0.25) is 5.91 Å². The summed E-state index contributed by atoms with van der Waals surface area (Å²) in [5, 5.41) is 36.4. The molecule has 10 heteroatoms. The molecule has 0 aromatic carbocycles. The third kappa shape index (κ3) is 8.12. The number of hydrogen-bond acceptors (Lipinski definition) is 9. The Labute approximate surface area is 249 Å². The second-order valence-corrected chi connectivity index (χ2v) is 11.3. The first-order valence-corrected chi connectivity index (χ1v) is 14.9. The highest BCUT2D eigenvalue weighted by Crippen LogP contribution is 2.34. The maximum absolute atomic E-state index is 13.1. The van der Waals surface area contributed by atoms with E-state index in [9.17, 15) is 24.9 Å². The largest absolute Gasteiger partial charge is 0.506 e. The summed E-state index contributed by atoms with van der Waals surface area (Å²) in [6, 6.07) is -0.813. The van der Waals surface area contributed by atoms with Gasteiger partial charge in [-0.2, -0.15) is 0 Å². The zero-order chi connectivity index (χ0) is 31.0. The first-order valence-electron chi connectivity index (χ1n) is 14.9. The summed E-state index contributed by atoms with van der Waals surface area (Å²) >= 11 is 0. The molecule has 42 heavy (non-hydrogen) atoms. The molecule has 10 nitrogen and oxygen atoms in total. The van der Waals surface area contributed by atoms with Crippen molar-refractivity contribution in [1.29, 1.82) is 0 Å². The van der Waals surface area contributed by atoms with Crippen LogP contribution >= 0.6 is 0 Å². The summed E-state index contributed by atoms with van der Waals surface area (Å²) in [6.07, 6.45) is 7.31. The van der Waals surface area contributed by atoms with E-state index in [1.54, 1.807) is 39.2 Å². The van der Waals surface area contributed by atoms with Crippen LogP contribution in [0.2, 0.25) is 0 Å². The zero-order valence-electron chi connectivity index (χ0n) is 25.7. The van der Waals surface area contributed by atoms with Crippen molar-refractivity contribution in [1.82, 2.24) is 10.2 Å². The molecule has 2 heterocycles. The van der Waals surface area contributed by atoms with Crippen LogP contribution in [0.15, 0.2) is 58.6 Å². The first-order chi connectivity index (χ1) is 20.0. The Morgan fingerprint density at radius 2 is 1.83 bits per heavy atom. The quantitative estimate of drug-likeness (QED) is 0.282.